The molecule has 0 radical (unpaired) electrons. The molecule has 7 heteroatoms. The van der Waals surface area contributed by atoms with Crippen molar-refractivity contribution in [3.63, 3.8) is 0 Å². The highest BCUT2D eigenvalue weighted by Crippen LogP contribution is 2.16. The van der Waals surface area contributed by atoms with Gasteiger partial charge in [0, 0.05) is 30.4 Å². The zero-order chi connectivity index (χ0) is 23.1. The van der Waals surface area contributed by atoms with Crippen LogP contribution in [0.2, 0.25) is 0 Å². The van der Waals surface area contributed by atoms with Crippen LogP contribution in [0.15, 0.2) is 54.6 Å². The third-order valence-electron chi connectivity index (χ3n) is 5.12. The van der Waals surface area contributed by atoms with Crippen molar-refractivity contribution in [2.24, 2.45) is 0 Å². The number of nitrogens with one attached hydrogen (secondary N) is 2. The third kappa shape index (κ3) is 5.91. The van der Waals surface area contributed by atoms with E-state index in [0.717, 1.165) is 22.5 Å². The van der Waals surface area contributed by atoms with Crippen molar-refractivity contribution < 1.29 is 14.0 Å². The van der Waals surface area contributed by atoms with Gasteiger partial charge in [-0.2, -0.15) is 5.10 Å². The topological polar surface area (TPSA) is 76.0 Å². The maximum atomic E-state index is 13.6. The number of aryl methyl sites for hydroxylation is 2. The van der Waals surface area contributed by atoms with Gasteiger partial charge >= 0.3 is 0 Å². The second-order valence-corrected chi connectivity index (χ2v) is 7.59. The molecule has 2 aromatic carbocycles. The van der Waals surface area contributed by atoms with Crippen LogP contribution in [0.3, 0.4) is 0 Å². The van der Waals surface area contributed by atoms with E-state index >= 15 is 0 Å². The lowest BCUT2D eigenvalue weighted by molar-refractivity contribution is -0.116. The minimum absolute atomic E-state index is 0.0210. The summed E-state index contributed by atoms with van der Waals surface area (Å²) in [6.07, 6.45) is 3.20. The summed E-state index contributed by atoms with van der Waals surface area (Å²) in [5.74, 6) is -1.37. The highest BCUT2D eigenvalue weighted by molar-refractivity contribution is 5.94. The van der Waals surface area contributed by atoms with Crippen LogP contribution < -0.4 is 10.6 Å². The summed E-state index contributed by atoms with van der Waals surface area (Å²) < 4.78 is 15.5. The summed E-state index contributed by atoms with van der Waals surface area (Å²) >= 11 is 0. The Morgan fingerprint density at radius 2 is 1.69 bits per heavy atom. The SMILES string of the molecule is Cc1ccc(Cn2nc(C)c(/C=C/C(=O)NCCNC(=O)c3ccccc3F)c2C)cc1. The van der Waals surface area contributed by atoms with Crippen molar-refractivity contribution in [3.05, 3.63) is 94.1 Å². The number of aromatic nitrogens is 2. The summed E-state index contributed by atoms with van der Waals surface area (Å²) in [5, 5.41) is 9.88. The van der Waals surface area contributed by atoms with E-state index in [1.54, 1.807) is 12.1 Å². The second-order valence-electron chi connectivity index (χ2n) is 7.59. The van der Waals surface area contributed by atoms with Crippen molar-refractivity contribution in [1.29, 1.82) is 0 Å². The molecule has 0 aliphatic carbocycles. The molecule has 0 bridgehead atoms. The quantitative estimate of drug-likeness (QED) is 0.421. The first kappa shape index (κ1) is 22.9. The molecular weight excluding hydrogens is 407 g/mol. The lowest BCUT2D eigenvalue weighted by Crippen LogP contribution is -2.34. The number of hydrogen-bond donors (Lipinski definition) is 2. The molecule has 32 heavy (non-hydrogen) atoms. The van der Waals surface area contributed by atoms with Gasteiger partial charge in [0.05, 0.1) is 17.8 Å². The van der Waals surface area contributed by atoms with Crippen LogP contribution in [0.4, 0.5) is 4.39 Å². The molecule has 0 saturated carbocycles. The fourth-order valence-electron chi connectivity index (χ4n) is 3.29. The number of rotatable bonds is 8. The first-order valence-electron chi connectivity index (χ1n) is 10.4. The number of nitrogens with zero attached hydrogens (tertiary/aromatic N) is 2. The Morgan fingerprint density at radius 1 is 1.00 bits per heavy atom. The molecule has 0 aliphatic rings. The first-order valence-corrected chi connectivity index (χ1v) is 10.4. The third-order valence-corrected chi connectivity index (χ3v) is 5.12. The summed E-state index contributed by atoms with van der Waals surface area (Å²) in [7, 11) is 0. The van der Waals surface area contributed by atoms with E-state index in [1.165, 1.54) is 29.8 Å². The molecule has 0 unspecified atom stereocenters. The monoisotopic (exact) mass is 434 g/mol. The van der Waals surface area contributed by atoms with Crippen LogP contribution in [0.5, 0.6) is 0 Å². The highest BCUT2D eigenvalue weighted by Gasteiger charge is 2.11. The Bertz CT molecular complexity index is 1130. The average Bonchev–Trinajstić information content (AvgIpc) is 3.04. The zero-order valence-electron chi connectivity index (χ0n) is 18.5. The Labute approximate surface area is 187 Å². The molecule has 166 valence electrons. The van der Waals surface area contributed by atoms with E-state index in [2.05, 4.69) is 46.9 Å². The maximum absolute atomic E-state index is 13.6. The van der Waals surface area contributed by atoms with E-state index in [0.29, 0.717) is 6.54 Å². The summed E-state index contributed by atoms with van der Waals surface area (Å²) in [4.78, 5) is 24.1. The summed E-state index contributed by atoms with van der Waals surface area (Å²) in [6, 6.07) is 14.1. The van der Waals surface area contributed by atoms with Gasteiger partial charge in [-0.1, -0.05) is 42.0 Å². The van der Waals surface area contributed by atoms with Gasteiger partial charge in [-0.15, -0.1) is 0 Å². The lowest BCUT2D eigenvalue weighted by atomic mass is 10.1. The number of halogens is 1. The molecule has 1 heterocycles. The van der Waals surface area contributed by atoms with Gasteiger partial charge in [-0.3, -0.25) is 14.3 Å². The Hall–Kier alpha value is -3.74. The minimum Gasteiger partial charge on any atom is -0.351 e. The Balaban J connectivity index is 1.51. The number of amides is 2. The van der Waals surface area contributed by atoms with E-state index in [4.69, 9.17) is 0 Å². The van der Waals surface area contributed by atoms with E-state index < -0.39 is 11.7 Å². The molecule has 0 fully saturated rings. The standard InChI is InChI=1S/C25H27FN4O2/c1-17-8-10-20(11-9-17)16-30-19(3)21(18(2)29-30)12-13-24(31)27-14-15-28-25(32)22-6-4-5-7-23(22)26/h4-13H,14-16H2,1-3H3,(H,27,31)(H,28,32)/b13-12+. The van der Waals surface area contributed by atoms with E-state index in [-0.39, 0.29) is 24.6 Å². The molecule has 3 aromatic rings. The smallest absolute Gasteiger partial charge is 0.254 e. The largest absolute Gasteiger partial charge is 0.351 e. The average molecular weight is 435 g/mol. The predicted octanol–water partition coefficient (Wildman–Crippen LogP) is 3.56. The molecular formula is C25H27FN4O2. The number of carbonyl (C=O) groups is 2. The molecule has 0 spiro atoms. The predicted molar refractivity (Wildman–Crippen MR) is 123 cm³/mol. The Morgan fingerprint density at radius 3 is 2.41 bits per heavy atom. The van der Waals surface area contributed by atoms with Crippen molar-refractivity contribution in [2.75, 3.05) is 13.1 Å². The Kier molecular flexibility index (Phi) is 7.54. The fraction of sp³-hybridized carbons (Fsp3) is 0.240. The van der Waals surface area contributed by atoms with Gasteiger partial charge in [0.1, 0.15) is 5.82 Å². The van der Waals surface area contributed by atoms with E-state index in [9.17, 15) is 14.0 Å². The second kappa shape index (κ2) is 10.5. The molecule has 0 aliphatic heterocycles. The van der Waals surface area contributed by atoms with Crippen molar-refractivity contribution in [1.82, 2.24) is 20.4 Å². The van der Waals surface area contributed by atoms with Crippen LogP contribution in [0.25, 0.3) is 6.08 Å². The van der Waals surface area contributed by atoms with Crippen LogP contribution in [0.1, 0.15) is 38.4 Å². The minimum atomic E-state index is -0.578. The van der Waals surface area contributed by atoms with Gasteiger partial charge in [0.15, 0.2) is 0 Å². The van der Waals surface area contributed by atoms with Crippen LogP contribution >= 0.6 is 0 Å². The zero-order valence-corrected chi connectivity index (χ0v) is 18.5. The van der Waals surface area contributed by atoms with Crippen LogP contribution in [0, 0.1) is 26.6 Å². The first-order chi connectivity index (χ1) is 15.3. The summed E-state index contributed by atoms with van der Waals surface area (Å²) in [5.41, 5.74) is 5.07. The molecule has 0 atom stereocenters. The van der Waals surface area contributed by atoms with Crippen LogP contribution in [-0.2, 0) is 11.3 Å². The lowest BCUT2D eigenvalue weighted by Gasteiger charge is -2.06. The number of hydrogen-bond acceptors (Lipinski definition) is 3. The van der Waals surface area contributed by atoms with E-state index in [1.807, 2.05) is 18.5 Å². The van der Waals surface area contributed by atoms with Gasteiger partial charge < -0.3 is 10.6 Å². The highest BCUT2D eigenvalue weighted by atomic mass is 19.1. The summed E-state index contributed by atoms with van der Waals surface area (Å²) in [6.45, 7) is 7.03. The van der Waals surface area contributed by atoms with Crippen molar-refractivity contribution >= 4 is 17.9 Å². The van der Waals surface area contributed by atoms with Gasteiger partial charge in [-0.25, -0.2) is 4.39 Å². The fourth-order valence-corrected chi connectivity index (χ4v) is 3.29. The van der Waals surface area contributed by atoms with Crippen molar-refractivity contribution in [3.8, 4) is 0 Å². The normalized spacial score (nSPS) is 11.0. The molecule has 3 rings (SSSR count). The molecule has 6 nitrogen and oxygen atoms in total. The van der Waals surface area contributed by atoms with Gasteiger partial charge in [0.25, 0.3) is 5.91 Å². The van der Waals surface area contributed by atoms with Gasteiger partial charge in [0.2, 0.25) is 5.91 Å². The molecule has 0 saturated heterocycles. The number of carbonyl (C=O) groups excluding carboxylic acids is 2. The van der Waals surface area contributed by atoms with Gasteiger partial charge in [-0.05, 0) is 44.5 Å². The number of benzene rings is 2. The molecule has 1 aromatic heterocycles. The van der Waals surface area contributed by atoms with Crippen molar-refractivity contribution in [2.45, 2.75) is 27.3 Å². The molecule has 2 amide bonds. The van der Waals surface area contributed by atoms with Crippen LogP contribution in [-0.4, -0.2) is 34.7 Å². The molecule has 2 N–H and O–H groups in total. The maximum Gasteiger partial charge on any atom is 0.254 e.